The molecule has 2 N–H and O–H groups in total. The van der Waals surface area contributed by atoms with Crippen molar-refractivity contribution in [3.63, 3.8) is 0 Å². The molecule has 2 aliphatic rings. The van der Waals surface area contributed by atoms with Gasteiger partial charge in [-0.3, -0.25) is 4.55 Å². The molecule has 0 aromatic heterocycles. The molecule has 2 aliphatic carbocycles. The lowest BCUT2D eigenvalue weighted by Crippen LogP contribution is -2.41. The van der Waals surface area contributed by atoms with Gasteiger partial charge in [0.1, 0.15) is 6.10 Å². The maximum absolute atomic E-state index is 13.1. The zero-order valence-corrected chi connectivity index (χ0v) is 13.5. The van der Waals surface area contributed by atoms with E-state index in [9.17, 15) is 27.1 Å². The molecule has 0 aliphatic heterocycles. The average Bonchev–Trinajstić information content (AvgIpc) is 2.47. The first-order chi connectivity index (χ1) is 10.6. The molecule has 23 heavy (non-hydrogen) atoms. The number of halogens is 2. The van der Waals surface area contributed by atoms with Crippen LogP contribution in [0.25, 0.3) is 0 Å². The van der Waals surface area contributed by atoms with Crippen molar-refractivity contribution in [1.82, 2.24) is 0 Å². The molecule has 0 aromatic carbocycles. The van der Waals surface area contributed by atoms with Crippen LogP contribution in [0.1, 0.15) is 51.4 Å². The molecule has 0 spiro atoms. The third-order valence-electron chi connectivity index (χ3n) is 4.96. The van der Waals surface area contributed by atoms with Crippen LogP contribution in [0.5, 0.6) is 0 Å². The highest BCUT2D eigenvalue weighted by molar-refractivity contribution is 7.87. The first-order valence-electron chi connectivity index (χ1n) is 7.85. The minimum atomic E-state index is -5.82. The molecule has 2 saturated carbocycles. The van der Waals surface area contributed by atoms with Crippen molar-refractivity contribution in [1.29, 1.82) is 0 Å². The Hall–Kier alpha value is -0.800. The third-order valence-corrected chi connectivity index (χ3v) is 5.78. The van der Waals surface area contributed by atoms with Gasteiger partial charge in [-0.2, -0.15) is 17.2 Å². The summed E-state index contributed by atoms with van der Waals surface area (Å²) in [5, 5.41) is 4.58. The molecule has 9 heteroatoms. The van der Waals surface area contributed by atoms with E-state index in [1.807, 2.05) is 0 Å². The molecule has 0 bridgehead atoms. The Balaban J connectivity index is 1.82. The Bertz CT molecular complexity index is 519. The summed E-state index contributed by atoms with van der Waals surface area (Å²) in [6, 6.07) is 0. The van der Waals surface area contributed by atoms with Gasteiger partial charge in [-0.25, -0.2) is 4.79 Å². The summed E-state index contributed by atoms with van der Waals surface area (Å²) < 4.78 is 60.3. The molecule has 2 rings (SSSR count). The Kier molecular flexibility index (Phi) is 5.63. The topological polar surface area (TPSA) is 101 Å². The monoisotopic (exact) mass is 356 g/mol. The quantitative estimate of drug-likeness (QED) is 0.591. The van der Waals surface area contributed by atoms with Gasteiger partial charge in [-0.1, -0.05) is 0 Å². The van der Waals surface area contributed by atoms with Crippen LogP contribution in [-0.2, 0) is 19.6 Å². The number of hydrogen-bond acceptors (Lipinski definition) is 5. The summed E-state index contributed by atoms with van der Waals surface area (Å²) in [5.41, 5.74) is 0. The van der Waals surface area contributed by atoms with E-state index in [0.717, 1.165) is 38.5 Å². The summed E-state index contributed by atoms with van der Waals surface area (Å²) >= 11 is 0. The number of esters is 1. The van der Waals surface area contributed by atoms with Gasteiger partial charge in [0, 0.05) is 0 Å². The number of carbonyl (C=O) groups is 1. The van der Waals surface area contributed by atoms with E-state index in [-0.39, 0.29) is 6.10 Å². The van der Waals surface area contributed by atoms with Crippen LogP contribution >= 0.6 is 0 Å². The van der Waals surface area contributed by atoms with Crippen molar-refractivity contribution in [3.05, 3.63) is 0 Å². The van der Waals surface area contributed by atoms with Crippen molar-refractivity contribution in [3.8, 4) is 0 Å². The van der Waals surface area contributed by atoms with Gasteiger partial charge in [-0.05, 0) is 63.2 Å². The second-order valence-electron chi connectivity index (χ2n) is 6.50. The van der Waals surface area contributed by atoms with Gasteiger partial charge in [-0.15, -0.1) is 0 Å². The van der Waals surface area contributed by atoms with Crippen molar-refractivity contribution < 1.29 is 36.4 Å². The summed E-state index contributed by atoms with van der Waals surface area (Å²) in [6.45, 7) is 0. The van der Waals surface area contributed by atoms with E-state index >= 15 is 0 Å². The summed E-state index contributed by atoms with van der Waals surface area (Å²) in [5.74, 6) is -1.31. The second kappa shape index (κ2) is 6.98. The normalized spacial score (nSPS) is 33.2. The molecule has 0 saturated heterocycles. The minimum absolute atomic E-state index is 0.230. The fraction of sp³-hybridized carbons (Fsp3) is 0.929. The van der Waals surface area contributed by atoms with E-state index in [4.69, 9.17) is 4.55 Å². The van der Waals surface area contributed by atoms with Gasteiger partial charge in [0.15, 0.2) is 0 Å². The standard InChI is InChI=1S/C14H22F2O6S/c15-14(16,23(19,20)21)13(18)22-12-7-3-10(4-8-12)9-1-5-11(17)6-2-9/h9-12,17H,1-8H2,(H,19,20,21). The highest BCUT2D eigenvalue weighted by Gasteiger charge is 2.54. The predicted molar refractivity (Wildman–Crippen MR) is 76.3 cm³/mol. The first-order valence-corrected chi connectivity index (χ1v) is 9.29. The molecule has 0 amide bonds. The Morgan fingerprint density at radius 1 is 0.957 bits per heavy atom. The third kappa shape index (κ3) is 4.39. The van der Waals surface area contributed by atoms with E-state index in [1.54, 1.807) is 0 Å². The molecule has 0 heterocycles. The number of aliphatic hydroxyl groups is 1. The van der Waals surface area contributed by atoms with Gasteiger partial charge in [0.25, 0.3) is 0 Å². The lowest BCUT2D eigenvalue weighted by Gasteiger charge is -2.36. The number of carbonyl (C=O) groups excluding carboxylic acids is 1. The van der Waals surface area contributed by atoms with Gasteiger partial charge in [0.2, 0.25) is 0 Å². The molecule has 0 aromatic rings. The first kappa shape index (κ1) is 18.5. The molecule has 0 atom stereocenters. The highest BCUT2D eigenvalue weighted by Crippen LogP contribution is 2.39. The zero-order valence-electron chi connectivity index (χ0n) is 12.7. The Labute approximate surface area is 134 Å². The summed E-state index contributed by atoms with van der Waals surface area (Å²) in [6.07, 6.45) is 4.70. The smallest absolute Gasteiger partial charge is 0.457 e. The van der Waals surface area contributed by atoms with Crippen LogP contribution < -0.4 is 0 Å². The molecular formula is C14H22F2O6S. The Morgan fingerprint density at radius 2 is 1.39 bits per heavy atom. The van der Waals surface area contributed by atoms with Crippen LogP contribution in [0, 0.1) is 11.8 Å². The number of alkyl halides is 2. The van der Waals surface area contributed by atoms with Gasteiger partial charge < -0.3 is 9.84 Å². The number of rotatable bonds is 4. The maximum Gasteiger partial charge on any atom is 0.465 e. The largest absolute Gasteiger partial charge is 0.465 e. The Morgan fingerprint density at radius 3 is 1.83 bits per heavy atom. The highest BCUT2D eigenvalue weighted by atomic mass is 32.2. The van der Waals surface area contributed by atoms with Gasteiger partial charge >= 0.3 is 21.3 Å². The van der Waals surface area contributed by atoms with Crippen molar-refractivity contribution in [2.75, 3.05) is 0 Å². The SMILES string of the molecule is O=C(OC1CCC(C2CCC(O)CC2)CC1)C(F)(F)S(=O)(=O)O. The van der Waals surface area contributed by atoms with Gasteiger partial charge in [0.05, 0.1) is 6.10 Å². The van der Waals surface area contributed by atoms with E-state index in [1.165, 1.54) is 0 Å². The number of aliphatic hydroxyl groups excluding tert-OH is 1. The van der Waals surface area contributed by atoms with Crippen LogP contribution in [0.3, 0.4) is 0 Å². The molecule has 134 valence electrons. The molecule has 0 radical (unpaired) electrons. The molecule has 6 nitrogen and oxygen atoms in total. The maximum atomic E-state index is 13.1. The van der Waals surface area contributed by atoms with E-state index < -0.39 is 27.4 Å². The van der Waals surface area contributed by atoms with Crippen LogP contribution in [0.4, 0.5) is 8.78 Å². The molecular weight excluding hydrogens is 334 g/mol. The summed E-state index contributed by atoms with van der Waals surface area (Å²) in [4.78, 5) is 11.3. The lowest BCUT2D eigenvalue weighted by molar-refractivity contribution is -0.169. The van der Waals surface area contributed by atoms with Crippen LogP contribution in [0.2, 0.25) is 0 Å². The average molecular weight is 356 g/mol. The lowest BCUT2D eigenvalue weighted by atomic mass is 9.72. The van der Waals surface area contributed by atoms with Crippen LogP contribution in [0.15, 0.2) is 0 Å². The fourth-order valence-corrected chi connectivity index (χ4v) is 3.83. The van der Waals surface area contributed by atoms with Crippen molar-refractivity contribution in [2.24, 2.45) is 11.8 Å². The minimum Gasteiger partial charge on any atom is -0.457 e. The van der Waals surface area contributed by atoms with Crippen molar-refractivity contribution >= 4 is 16.1 Å². The van der Waals surface area contributed by atoms with E-state index in [0.29, 0.717) is 24.7 Å². The molecule has 0 unspecified atom stereocenters. The van der Waals surface area contributed by atoms with Crippen LogP contribution in [-0.4, -0.2) is 41.5 Å². The second-order valence-corrected chi connectivity index (χ2v) is 7.97. The fourth-order valence-electron chi connectivity index (χ4n) is 3.58. The number of ether oxygens (including phenoxy) is 1. The van der Waals surface area contributed by atoms with Crippen molar-refractivity contribution in [2.45, 2.75) is 68.8 Å². The van der Waals surface area contributed by atoms with E-state index in [2.05, 4.69) is 4.74 Å². The number of hydrogen-bond donors (Lipinski definition) is 2. The molecule has 2 fully saturated rings. The summed E-state index contributed by atoms with van der Waals surface area (Å²) in [7, 11) is -5.82. The zero-order chi connectivity index (χ0) is 17.3. The predicted octanol–water partition coefficient (Wildman–Crippen LogP) is 2.12.